The largest absolute Gasteiger partial charge is 0.206 e. The van der Waals surface area contributed by atoms with Crippen LogP contribution in [0.4, 0.5) is 4.39 Å². The van der Waals surface area contributed by atoms with E-state index in [1.807, 2.05) is 36.4 Å². The summed E-state index contributed by atoms with van der Waals surface area (Å²) < 4.78 is 13.3. The van der Waals surface area contributed by atoms with Crippen LogP contribution in [0.25, 0.3) is 11.1 Å². The van der Waals surface area contributed by atoms with Crippen LogP contribution in [0.5, 0.6) is 0 Å². The number of benzene rings is 2. The number of rotatable bonds is 1. The number of hydrogen-bond acceptors (Lipinski definition) is 2. The van der Waals surface area contributed by atoms with Gasteiger partial charge < -0.3 is 0 Å². The van der Waals surface area contributed by atoms with Crippen molar-refractivity contribution < 1.29 is 4.39 Å². The molecule has 0 saturated heterocycles. The predicted octanol–water partition coefficient (Wildman–Crippen LogP) is 3.52. The molecule has 0 aliphatic heterocycles. The third kappa shape index (κ3) is 2.61. The summed E-state index contributed by atoms with van der Waals surface area (Å²) in [4.78, 5) is 0. The molecule has 0 aliphatic rings. The highest BCUT2D eigenvalue weighted by molar-refractivity contribution is 5.63. The second-order valence-corrected chi connectivity index (χ2v) is 2.85. The molecule has 15 heavy (non-hydrogen) atoms. The third-order valence-corrected chi connectivity index (χ3v) is 1.96. The van der Waals surface area contributed by atoms with Crippen LogP contribution in [0.1, 0.15) is 0 Å². The van der Waals surface area contributed by atoms with Gasteiger partial charge in [-0.2, -0.15) is 0 Å². The van der Waals surface area contributed by atoms with Gasteiger partial charge in [0.2, 0.25) is 0 Å². The van der Waals surface area contributed by atoms with Gasteiger partial charge in [-0.15, -0.1) is 0 Å². The van der Waals surface area contributed by atoms with Crippen molar-refractivity contribution in [2.45, 2.75) is 0 Å². The monoisotopic (exact) mass is 200 g/mol. The van der Waals surface area contributed by atoms with Gasteiger partial charge in [-0.1, -0.05) is 48.5 Å². The second-order valence-electron chi connectivity index (χ2n) is 2.85. The van der Waals surface area contributed by atoms with E-state index in [9.17, 15) is 4.39 Å². The van der Waals surface area contributed by atoms with Crippen LogP contribution in [-0.2, 0) is 0 Å². The van der Waals surface area contributed by atoms with Gasteiger partial charge in [0.15, 0.2) is 0 Å². The van der Waals surface area contributed by atoms with Crippen LogP contribution >= 0.6 is 0 Å². The lowest BCUT2D eigenvalue weighted by atomic mass is 10.1. The van der Waals surface area contributed by atoms with Gasteiger partial charge in [0.05, 0.1) is 0 Å². The van der Waals surface area contributed by atoms with E-state index in [0.717, 1.165) is 5.56 Å². The molecule has 0 unspecified atom stereocenters. The summed E-state index contributed by atoms with van der Waals surface area (Å²) in [7, 11) is 0. The van der Waals surface area contributed by atoms with E-state index in [1.54, 1.807) is 12.1 Å². The van der Waals surface area contributed by atoms with Gasteiger partial charge in [-0.05, 0) is 11.6 Å². The third-order valence-electron chi connectivity index (χ3n) is 1.96. The van der Waals surface area contributed by atoms with Crippen LogP contribution in [0, 0.1) is 16.6 Å². The first-order valence-corrected chi connectivity index (χ1v) is 4.38. The Labute approximate surface area is 87.4 Å². The Morgan fingerprint density at radius 3 is 1.87 bits per heavy atom. The minimum atomic E-state index is -0.172. The molecule has 0 radical (unpaired) electrons. The lowest BCUT2D eigenvalue weighted by Gasteiger charge is -2.01. The Hall–Kier alpha value is -2.21. The molecule has 0 saturated carbocycles. The molecule has 0 aliphatic carbocycles. The van der Waals surface area contributed by atoms with Crippen molar-refractivity contribution in [3.63, 3.8) is 0 Å². The van der Waals surface area contributed by atoms with Gasteiger partial charge in [-0.25, -0.2) is 4.39 Å². The van der Waals surface area contributed by atoms with Crippen molar-refractivity contribution in [1.29, 1.82) is 10.8 Å². The summed E-state index contributed by atoms with van der Waals surface area (Å²) in [6.45, 7) is 0. The highest BCUT2D eigenvalue weighted by Crippen LogP contribution is 2.21. The van der Waals surface area contributed by atoms with E-state index >= 15 is 0 Å². The molecule has 3 heteroatoms. The molecule has 0 amide bonds. The lowest BCUT2D eigenvalue weighted by Crippen LogP contribution is -1.81. The van der Waals surface area contributed by atoms with E-state index in [0.29, 0.717) is 5.56 Å². The summed E-state index contributed by atoms with van der Waals surface area (Å²) in [5, 5.41) is 12.0. The summed E-state index contributed by atoms with van der Waals surface area (Å²) in [6.07, 6.45) is 0. The molecule has 0 fully saturated rings. The van der Waals surface area contributed by atoms with Gasteiger partial charge in [0.1, 0.15) is 5.82 Å². The molecular formula is C12H9FN2. The molecule has 0 aromatic heterocycles. The quantitative estimate of drug-likeness (QED) is 0.661. The second kappa shape index (κ2) is 5.51. The summed E-state index contributed by atoms with van der Waals surface area (Å²) in [6, 6.07) is 16.3. The average Bonchev–Trinajstić information content (AvgIpc) is 2.33. The van der Waals surface area contributed by atoms with Crippen molar-refractivity contribution in [2.75, 3.05) is 0 Å². The van der Waals surface area contributed by atoms with Crippen molar-refractivity contribution >= 4 is 0 Å². The zero-order chi connectivity index (χ0) is 11.1. The maximum absolute atomic E-state index is 13.3. The van der Waals surface area contributed by atoms with Crippen molar-refractivity contribution in [1.82, 2.24) is 0 Å². The first-order valence-electron chi connectivity index (χ1n) is 4.38. The van der Waals surface area contributed by atoms with Crippen LogP contribution in [0.2, 0.25) is 0 Å². The van der Waals surface area contributed by atoms with Crippen molar-refractivity contribution in [3.8, 4) is 11.1 Å². The molecule has 2 nitrogen and oxygen atoms in total. The van der Waals surface area contributed by atoms with Gasteiger partial charge in [0.25, 0.3) is 0 Å². The Balaban J connectivity index is 0.000000531. The molecule has 2 rings (SSSR count). The molecule has 0 bridgehead atoms. The smallest absolute Gasteiger partial charge is 0.131 e. The predicted molar refractivity (Wildman–Crippen MR) is 55.3 cm³/mol. The fraction of sp³-hybridized carbons (Fsp3) is 0. The standard InChI is InChI=1S/C12H9F.N2/c13-12-9-5-4-8-11(12)10-6-2-1-3-7-10;1-2/h1-9H;. The summed E-state index contributed by atoms with van der Waals surface area (Å²) in [5.41, 5.74) is 1.57. The van der Waals surface area contributed by atoms with Crippen molar-refractivity contribution in [3.05, 3.63) is 60.4 Å². The van der Waals surface area contributed by atoms with Gasteiger partial charge >= 0.3 is 0 Å². The average molecular weight is 200 g/mol. The van der Waals surface area contributed by atoms with Crippen LogP contribution in [0.15, 0.2) is 54.6 Å². The zero-order valence-electron chi connectivity index (χ0n) is 7.97. The van der Waals surface area contributed by atoms with E-state index in [-0.39, 0.29) is 5.82 Å². The molecule has 2 aromatic carbocycles. The minimum absolute atomic E-state index is 0.172. The van der Waals surface area contributed by atoms with Crippen LogP contribution in [-0.4, -0.2) is 0 Å². The number of halogens is 1. The number of hydrogen-bond donors (Lipinski definition) is 0. The SMILES string of the molecule is Fc1ccccc1-c1ccccc1.N#N. The fourth-order valence-electron chi connectivity index (χ4n) is 1.31. The first kappa shape index (κ1) is 10.9. The molecular weight excluding hydrogens is 191 g/mol. The zero-order valence-corrected chi connectivity index (χ0v) is 7.97. The van der Waals surface area contributed by atoms with E-state index in [4.69, 9.17) is 10.8 Å². The van der Waals surface area contributed by atoms with Crippen LogP contribution < -0.4 is 0 Å². The molecule has 0 atom stereocenters. The molecule has 0 heterocycles. The maximum Gasteiger partial charge on any atom is 0.131 e. The first-order chi connectivity index (χ1) is 7.38. The Kier molecular flexibility index (Phi) is 3.99. The van der Waals surface area contributed by atoms with Gasteiger partial charge in [0, 0.05) is 16.3 Å². The topological polar surface area (TPSA) is 47.6 Å². The maximum atomic E-state index is 13.3. The highest BCUT2D eigenvalue weighted by atomic mass is 19.1. The minimum Gasteiger partial charge on any atom is -0.206 e. The molecule has 0 N–H and O–H groups in total. The number of nitrogens with zero attached hydrogens (tertiary/aromatic N) is 2. The summed E-state index contributed by atoms with van der Waals surface area (Å²) >= 11 is 0. The van der Waals surface area contributed by atoms with Crippen LogP contribution in [0.3, 0.4) is 0 Å². The molecule has 0 spiro atoms. The lowest BCUT2D eigenvalue weighted by molar-refractivity contribution is 0.631. The Bertz CT molecular complexity index is 438. The van der Waals surface area contributed by atoms with E-state index in [1.165, 1.54) is 6.07 Å². The fourth-order valence-corrected chi connectivity index (χ4v) is 1.31. The summed E-state index contributed by atoms with van der Waals surface area (Å²) in [5.74, 6) is -0.172. The van der Waals surface area contributed by atoms with Gasteiger partial charge in [-0.3, -0.25) is 0 Å². The van der Waals surface area contributed by atoms with E-state index < -0.39 is 0 Å². The highest BCUT2D eigenvalue weighted by Gasteiger charge is 2.01. The van der Waals surface area contributed by atoms with E-state index in [2.05, 4.69) is 0 Å². The van der Waals surface area contributed by atoms with Crippen molar-refractivity contribution in [2.24, 2.45) is 0 Å². The Morgan fingerprint density at radius 2 is 1.27 bits per heavy atom. The molecule has 74 valence electrons. The Morgan fingerprint density at radius 1 is 0.733 bits per heavy atom. The molecule has 2 aromatic rings. The normalized spacial score (nSPS) is 8.73.